The van der Waals surface area contributed by atoms with Crippen LogP contribution < -0.4 is 0 Å². The van der Waals surface area contributed by atoms with Crippen molar-refractivity contribution in [1.29, 1.82) is 0 Å². The van der Waals surface area contributed by atoms with E-state index in [1.165, 1.54) is 4.90 Å². The molecule has 0 aromatic heterocycles. The Morgan fingerprint density at radius 1 is 1.37 bits per heavy atom. The number of rotatable bonds is 6. The van der Waals surface area contributed by atoms with Crippen molar-refractivity contribution in [3.8, 4) is 0 Å². The van der Waals surface area contributed by atoms with Crippen molar-refractivity contribution in [1.82, 2.24) is 4.90 Å². The molecule has 1 atom stereocenters. The maximum absolute atomic E-state index is 11.9. The standard InChI is InChI=1S/C12H21NO5S/c1-9(2)8-19(17,18)7-5-11(14)13-6-3-4-10(13)12(15)16/h9-10H,3-8H2,1-2H3,(H,15,16)/t10-/m1/s1. The molecular weight excluding hydrogens is 270 g/mol. The van der Waals surface area contributed by atoms with Crippen LogP contribution in [0.3, 0.4) is 0 Å². The van der Waals surface area contributed by atoms with E-state index in [2.05, 4.69) is 0 Å². The lowest BCUT2D eigenvalue weighted by Crippen LogP contribution is -2.41. The van der Waals surface area contributed by atoms with Gasteiger partial charge in [0.2, 0.25) is 5.91 Å². The van der Waals surface area contributed by atoms with Crippen LogP contribution in [0.5, 0.6) is 0 Å². The molecule has 1 heterocycles. The first kappa shape index (κ1) is 15.9. The van der Waals surface area contributed by atoms with E-state index < -0.39 is 21.8 Å². The number of carboxylic acid groups (broad SMARTS) is 1. The second kappa shape index (κ2) is 6.36. The number of aliphatic carboxylic acids is 1. The highest BCUT2D eigenvalue weighted by molar-refractivity contribution is 7.91. The molecule has 1 amide bonds. The van der Waals surface area contributed by atoms with Gasteiger partial charge in [-0.2, -0.15) is 0 Å². The molecular formula is C12H21NO5S. The van der Waals surface area contributed by atoms with Gasteiger partial charge in [-0.25, -0.2) is 13.2 Å². The summed E-state index contributed by atoms with van der Waals surface area (Å²) >= 11 is 0. The van der Waals surface area contributed by atoms with E-state index >= 15 is 0 Å². The number of hydrogen-bond donors (Lipinski definition) is 1. The molecule has 19 heavy (non-hydrogen) atoms. The molecule has 110 valence electrons. The Balaban J connectivity index is 2.54. The Bertz CT molecular complexity index is 443. The summed E-state index contributed by atoms with van der Waals surface area (Å²) in [6, 6.07) is -0.791. The summed E-state index contributed by atoms with van der Waals surface area (Å²) < 4.78 is 23.4. The van der Waals surface area contributed by atoms with E-state index in [1.807, 2.05) is 0 Å². The average Bonchev–Trinajstić information content (AvgIpc) is 2.73. The number of sulfone groups is 1. The number of carbonyl (C=O) groups is 2. The Morgan fingerprint density at radius 2 is 2.00 bits per heavy atom. The van der Waals surface area contributed by atoms with Gasteiger partial charge in [-0.3, -0.25) is 4.79 Å². The van der Waals surface area contributed by atoms with Gasteiger partial charge in [0.1, 0.15) is 6.04 Å². The van der Waals surface area contributed by atoms with Crippen molar-refractivity contribution in [3.63, 3.8) is 0 Å². The average molecular weight is 291 g/mol. The molecule has 1 N–H and O–H groups in total. The van der Waals surface area contributed by atoms with Gasteiger partial charge >= 0.3 is 5.97 Å². The van der Waals surface area contributed by atoms with Crippen LogP contribution >= 0.6 is 0 Å². The summed E-state index contributed by atoms with van der Waals surface area (Å²) in [6.07, 6.45) is 0.972. The van der Waals surface area contributed by atoms with Crippen molar-refractivity contribution < 1.29 is 23.1 Å². The van der Waals surface area contributed by atoms with E-state index in [1.54, 1.807) is 13.8 Å². The van der Waals surface area contributed by atoms with Gasteiger partial charge in [0, 0.05) is 13.0 Å². The molecule has 0 aromatic carbocycles. The van der Waals surface area contributed by atoms with Crippen LogP contribution in [0.15, 0.2) is 0 Å². The number of carboxylic acids is 1. The molecule has 0 bridgehead atoms. The van der Waals surface area contributed by atoms with Crippen LogP contribution in [0, 0.1) is 5.92 Å². The number of carbonyl (C=O) groups excluding carboxylic acids is 1. The van der Waals surface area contributed by atoms with Gasteiger partial charge in [0.05, 0.1) is 11.5 Å². The summed E-state index contributed by atoms with van der Waals surface area (Å²) in [7, 11) is -3.24. The van der Waals surface area contributed by atoms with Crippen LogP contribution in [-0.2, 0) is 19.4 Å². The summed E-state index contributed by atoms with van der Waals surface area (Å²) in [5.74, 6) is -1.51. The van der Waals surface area contributed by atoms with E-state index in [-0.39, 0.29) is 29.8 Å². The first-order chi connectivity index (χ1) is 8.73. The van der Waals surface area contributed by atoms with Gasteiger partial charge in [0.25, 0.3) is 0 Å². The highest BCUT2D eigenvalue weighted by Crippen LogP contribution is 2.18. The summed E-state index contributed by atoms with van der Waals surface area (Å²) in [5.41, 5.74) is 0. The molecule has 1 aliphatic rings. The fraction of sp³-hybridized carbons (Fsp3) is 0.833. The minimum absolute atomic E-state index is 0.0265. The topological polar surface area (TPSA) is 91.8 Å². The van der Waals surface area contributed by atoms with E-state index in [0.29, 0.717) is 19.4 Å². The summed E-state index contributed by atoms with van der Waals surface area (Å²) in [5, 5.41) is 8.97. The molecule has 1 rings (SSSR count). The number of nitrogens with zero attached hydrogens (tertiary/aromatic N) is 1. The van der Waals surface area contributed by atoms with E-state index in [9.17, 15) is 18.0 Å². The van der Waals surface area contributed by atoms with Crippen LogP contribution in [0.4, 0.5) is 0 Å². The zero-order valence-electron chi connectivity index (χ0n) is 11.3. The zero-order chi connectivity index (χ0) is 14.6. The lowest BCUT2D eigenvalue weighted by Gasteiger charge is -2.21. The molecule has 0 unspecified atom stereocenters. The maximum Gasteiger partial charge on any atom is 0.326 e. The highest BCUT2D eigenvalue weighted by atomic mass is 32.2. The molecule has 1 aliphatic heterocycles. The molecule has 0 aromatic rings. The fourth-order valence-corrected chi connectivity index (χ4v) is 3.97. The van der Waals surface area contributed by atoms with Crippen LogP contribution in [-0.4, -0.2) is 54.4 Å². The number of hydrogen-bond acceptors (Lipinski definition) is 4. The third-order valence-electron chi connectivity index (χ3n) is 3.07. The summed E-state index contributed by atoms with van der Waals surface area (Å²) in [4.78, 5) is 24.1. The van der Waals surface area contributed by atoms with Crippen LogP contribution in [0.2, 0.25) is 0 Å². The van der Waals surface area contributed by atoms with Crippen molar-refractivity contribution in [2.24, 2.45) is 5.92 Å². The SMILES string of the molecule is CC(C)CS(=O)(=O)CCC(=O)N1CCC[C@@H]1C(=O)O. The van der Waals surface area contributed by atoms with Crippen molar-refractivity contribution in [3.05, 3.63) is 0 Å². The van der Waals surface area contributed by atoms with Crippen molar-refractivity contribution in [2.45, 2.75) is 39.2 Å². The van der Waals surface area contributed by atoms with Gasteiger partial charge in [-0.05, 0) is 18.8 Å². The quantitative estimate of drug-likeness (QED) is 0.770. The third-order valence-corrected chi connectivity index (χ3v) is 5.07. The predicted octanol–water partition coefficient (Wildman–Crippen LogP) is 0.523. The second-order valence-corrected chi connectivity index (χ2v) is 7.57. The fourth-order valence-electron chi connectivity index (χ4n) is 2.30. The molecule has 1 fully saturated rings. The highest BCUT2D eigenvalue weighted by Gasteiger charge is 2.34. The molecule has 0 saturated carbocycles. The first-order valence-corrected chi connectivity index (χ1v) is 8.28. The number of likely N-dealkylation sites (tertiary alicyclic amines) is 1. The Kier molecular flexibility index (Phi) is 5.34. The van der Waals surface area contributed by atoms with Gasteiger partial charge in [-0.15, -0.1) is 0 Å². The monoisotopic (exact) mass is 291 g/mol. The lowest BCUT2D eigenvalue weighted by molar-refractivity contribution is -0.148. The van der Waals surface area contributed by atoms with Crippen molar-refractivity contribution in [2.75, 3.05) is 18.1 Å². The van der Waals surface area contributed by atoms with Crippen LogP contribution in [0.1, 0.15) is 33.1 Å². The van der Waals surface area contributed by atoms with Crippen molar-refractivity contribution >= 4 is 21.7 Å². The predicted molar refractivity (Wildman–Crippen MR) is 70.5 cm³/mol. The van der Waals surface area contributed by atoms with Gasteiger partial charge in [0.15, 0.2) is 9.84 Å². The molecule has 0 spiro atoms. The van der Waals surface area contributed by atoms with Gasteiger partial charge in [-0.1, -0.05) is 13.8 Å². The molecule has 0 radical (unpaired) electrons. The Morgan fingerprint density at radius 3 is 2.53 bits per heavy atom. The van der Waals surface area contributed by atoms with Crippen LogP contribution in [0.25, 0.3) is 0 Å². The van der Waals surface area contributed by atoms with Gasteiger partial charge < -0.3 is 10.0 Å². The smallest absolute Gasteiger partial charge is 0.326 e. The zero-order valence-corrected chi connectivity index (χ0v) is 12.1. The molecule has 7 heteroatoms. The minimum atomic E-state index is -3.24. The molecule has 6 nitrogen and oxygen atoms in total. The second-order valence-electron chi connectivity index (χ2n) is 5.34. The minimum Gasteiger partial charge on any atom is -0.480 e. The Labute approximate surface area is 113 Å². The maximum atomic E-state index is 11.9. The van der Waals surface area contributed by atoms with E-state index in [4.69, 9.17) is 5.11 Å². The Hall–Kier alpha value is -1.11. The number of amides is 1. The molecule has 1 saturated heterocycles. The van der Waals surface area contributed by atoms with E-state index in [0.717, 1.165) is 0 Å². The summed E-state index contributed by atoms with van der Waals surface area (Å²) in [6.45, 7) is 4.01. The third kappa shape index (κ3) is 4.81. The molecule has 0 aliphatic carbocycles. The first-order valence-electron chi connectivity index (χ1n) is 6.45. The normalized spacial score (nSPS) is 19.9. The lowest BCUT2D eigenvalue weighted by atomic mass is 10.2. The largest absolute Gasteiger partial charge is 0.480 e.